The maximum absolute atomic E-state index is 13.0. The fourth-order valence-electron chi connectivity index (χ4n) is 7.53. The van der Waals surface area contributed by atoms with Gasteiger partial charge < -0.3 is 33.5 Å². The van der Waals surface area contributed by atoms with Crippen molar-refractivity contribution in [2.75, 3.05) is 13.2 Å². The van der Waals surface area contributed by atoms with Gasteiger partial charge in [0.05, 0.1) is 67.8 Å². The van der Waals surface area contributed by atoms with E-state index in [1.165, 1.54) is 6.92 Å². The third kappa shape index (κ3) is 6.66. The van der Waals surface area contributed by atoms with E-state index in [4.69, 9.17) is 28.4 Å². The summed E-state index contributed by atoms with van der Waals surface area (Å²) >= 11 is 0. The Bertz CT molecular complexity index is 931. The first kappa shape index (κ1) is 28.4. The quantitative estimate of drug-likeness (QED) is 0.253. The first-order valence-electron chi connectivity index (χ1n) is 15.5. The molecular weight excluding hydrogens is 520 g/mol. The van der Waals surface area contributed by atoms with Gasteiger partial charge in [0.25, 0.3) is 0 Å². The Hall–Kier alpha value is -1.75. The molecule has 0 aromatic carbocycles. The third-order valence-corrected chi connectivity index (χ3v) is 10.1. The number of epoxide rings is 1. The maximum atomic E-state index is 13.0. The lowest BCUT2D eigenvalue weighted by Crippen LogP contribution is -2.49. The van der Waals surface area contributed by atoms with Crippen LogP contribution in [0.15, 0.2) is 0 Å². The molecule has 3 saturated heterocycles. The molecule has 0 amide bonds. The molecule has 4 saturated carbocycles. The fourth-order valence-corrected chi connectivity index (χ4v) is 7.53. The van der Waals surface area contributed by atoms with Gasteiger partial charge in [-0.2, -0.15) is 0 Å². The summed E-state index contributed by atoms with van der Waals surface area (Å²) in [6.45, 7) is 2.13. The van der Waals surface area contributed by atoms with Crippen LogP contribution in [-0.4, -0.2) is 85.1 Å². The Kier molecular flexibility index (Phi) is 8.68. The predicted molar refractivity (Wildman–Crippen MR) is 139 cm³/mol. The molecule has 7 aliphatic rings. The molecule has 1 N–H and O–H groups in total. The summed E-state index contributed by atoms with van der Waals surface area (Å²) in [5.41, 5.74) is 0. The fraction of sp³-hybridized carbons (Fsp3) is 0.900. The smallest absolute Gasteiger partial charge is 0.309 e. The van der Waals surface area contributed by atoms with Crippen LogP contribution in [0, 0.1) is 23.7 Å². The van der Waals surface area contributed by atoms with Crippen LogP contribution in [0.4, 0.5) is 0 Å². The second-order valence-electron chi connectivity index (χ2n) is 13.0. The molecule has 3 aliphatic heterocycles. The summed E-state index contributed by atoms with van der Waals surface area (Å²) in [5.74, 6) is -1.05. The van der Waals surface area contributed by atoms with Crippen molar-refractivity contribution >= 4 is 17.9 Å². The average Bonchev–Trinajstić information content (AvgIpc) is 3.71. The Labute approximate surface area is 235 Å². The normalized spacial score (nSPS) is 44.0. The average molecular weight is 565 g/mol. The van der Waals surface area contributed by atoms with Crippen molar-refractivity contribution in [1.82, 2.24) is 0 Å². The molecule has 12 atom stereocenters. The van der Waals surface area contributed by atoms with Crippen LogP contribution in [0.2, 0.25) is 0 Å². The van der Waals surface area contributed by atoms with E-state index < -0.39 is 30.4 Å². The number of carbonyl (C=O) groups excluding carboxylic acids is 3. The lowest BCUT2D eigenvalue weighted by Gasteiger charge is -2.46. The van der Waals surface area contributed by atoms with E-state index in [1.807, 2.05) is 0 Å². The van der Waals surface area contributed by atoms with E-state index in [2.05, 4.69) is 0 Å². The van der Waals surface area contributed by atoms with Gasteiger partial charge in [-0.25, -0.2) is 0 Å². The number of fused-ring (bicyclic) bond motifs is 3. The van der Waals surface area contributed by atoms with E-state index in [9.17, 15) is 19.5 Å². The van der Waals surface area contributed by atoms with E-state index in [-0.39, 0.29) is 35.8 Å². The molecule has 0 radical (unpaired) electrons. The molecule has 4 aliphatic carbocycles. The number of ether oxygens (including phenoxy) is 6. The molecule has 2 bridgehead atoms. The summed E-state index contributed by atoms with van der Waals surface area (Å²) in [6.07, 6.45) is 7.68. The van der Waals surface area contributed by atoms with Gasteiger partial charge in [0.1, 0.15) is 6.10 Å². The van der Waals surface area contributed by atoms with Crippen LogP contribution >= 0.6 is 0 Å². The van der Waals surface area contributed by atoms with Gasteiger partial charge >= 0.3 is 17.9 Å². The Morgan fingerprint density at radius 2 is 1.43 bits per heavy atom. The minimum atomic E-state index is -0.743. The molecule has 0 aromatic rings. The van der Waals surface area contributed by atoms with Gasteiger partial charge in [-0.15, -0.1) is 0 Å². The molecule has 0 aromatic heterocycles. The minimum absolute atomic E-state index is 0.210. The highest BCUT2D eigenvalue weighted by Gasteiger charge is 2.46. The van der Waals surface area contributed by atoms with Crippen LogP contribution < -0.4 is 0 Å². The van der Waals surface area contributed by atoms with E-state index >= 15 is 0 Å². The predicted octanol–water partition coefficient (Wildman–Crippen LogP) is 2.85. The van der Waals surface area contributed by atoms with Crippen molar-refractivity contribution in [2.45, 2.75) is 133 Å². The number of carbonyl (C=O) groups is 3. The van der Waals surface area contributed by atoms with Crippen LogP contribution in [0.1, 0.15) is 84.0 Å². The zero-order valence-corrected chi connectivity index (χ0v) is 23.4. The number of esters is 3. The molecule has 10 heteroatoms. The number of hydrogen-bond donors (Lipinski definition) is 1. The lowest BCUT2D eigenvalue weighted by molar-refractivity contribution is -0.199. The summed E-state index contributed by atoms with van der Waals surface area (Å²) in [6, 6.07) is 0. The molecule has 3 heterocycles. The highest BCUT2D eigenvalue weighted by atomic mass is 16.6. The first-order valence-corrected chi connectivity index (χ1v) is 15.5. The van der Waals surface area contributed by atoms with E-state index in [1.54, 1.807) is 0 Å². The summed E-state index contributed by atoms with van der Waals surface area (Å²) < 4.78 is 34.7. The molecule has 12 unspecified atom stereocenters. The lowest BCUT2D eigenvalue weighted by atomic mass is 9.80. The maximum Gasteiger partial charge on any atom is 0.309 e. The molecule has 0 spiro atoms. The molecule has 7 fully saturated rings. The van der Waals surface area contributed by atoms with E-state index in [0.29, 0.717) is 76.0 Å². The molecular formula is C30H44O10. The van der Waals surface area contributed by atoms with Crippen LogP contribution in [0.3, 0.4) is 0 Å². The zero-order chi connectivity index (χ0) is 27.8. The van der Waals surface area contributed by atoms with Gasteiger partial charge in [-0.05, 0) is 76.5 Å². The van der Waals surface area contributed by atoms with E-state index in [0.717, 1.165) is 38.5 Å². The second kappa shape index (κ2) is 12.2. The number of hydrogen-bond acceptors (Lipinski definition) is 10. The topological polar surface area (TPSA) is 130 Å². The first-order chi connectivity index (χ1) is 19.3. The molecule has 10 nitrogen and oxygen atoms in total. The number of rotatable bonds is 9. The van der Waals surface area contributed by atoms with Crippen LogP contribution in [-0.2, 0) is 42.8 Å². The van der Waals surface area contributed by atoms with Crippen molar-refractivity contribution in [3.63, 3.8) is 0 Å². The Morgan fingerprint density at radius 3 is 2.12 bits per heavy atom. The monoisotopic (exact) mass is 564 g/mol. The van der Waals surface area contributed by atoms with Crippen molar-refractivity contribution in [3.8, 4) is 0 Å². The number of aliphatic hydroxyl groups is 1. The molecule has 7 rings (SSSR count). The highest BCUT2D eigenvalue weighted by Crippen LogP contribution is 2.41. The third-order valence-electron chi connectivity index (χ3n) is 10.1. The van der Waals surface area contributed by atoms with Crippen LogP contribution in [0.25, 0.3) is 0 Å². The second-order valence-corrected chi connectivity index (χ2v) is 13.0. The van der Waals surface area contributed by atoms with Crippen molar-refractivity contribution in [1.29, 1.82) is 0 Å². The van der Waals surface area contributed by atoms with Gasteiger partial charge in [0.2, 0.25) is 0 Å². The molecule has 40 heavy (non-hydrogen) atoms. The summed E-state index contributed by atoms with van der Waals surface area (Å²) in [5, 5.41) is 10.8. The minimum Gasteiger partial charge on any atom is -0.465 e. The highest BCUT2D eigenvalue weighted by molar-refractivity contribution is 5.73. The Balaban J connectivity index is 1.01. The summed E-state index contributed by atoms with van der Waals surface area (Å²) in [4.78, 5) is 37.7. The summed E-state index contributed by atoms with van der Waals surface area (Å²) in [7, 11) is 0. The van der Waals surface area contributed by atoms with Crippen molar-refractivity contribution < 1.29 is 47.9 Å². The van der Waals surface area contributed by atoms with Gasteiger partial charge in [-0.3, -0.25) is 14.4 Å². The van der Waals surface area contributed by atoms with Crippen LogP contribution in [0.5, 0.6) is 0 Å². The molecule has 224 valence electrons. The standard InChI is InChI=1S/C30H44O10/c1-16(31)37-23-9-5-19(29(33)35-14-17-2-8-24-27(10-17)39-24)12-28(23)40-26-11-18(4-7-22(26)32)30(34)36-15-20-3-6-21-13-25(20)38-21/h17-28,32H,2-15H2,1H3. The van der Waals surface area contributed by atoms with Gasteiger partial charge in [0, 0.05) is 19.3 Å². The SMILES string of the molecule is CC(=O)OC1CCC(C(=O)OCC2CCC3OC3C2)CC1OC1CC(C(=O)OCC2CCC3CC2O3)CCC1O. The number of aliphatic hydroxyl groups excluding tert-OH is 1. The largest absolute Gasteiger partial charge is 0.465 e. The van der Waals surface area contributed by atoms with Gasteiger partial charge in [0.15, 0.2) is 0 Å². The van der Waals surface area contributed by atoms with Crippen molar-refractivity contribution in [2.24, 2.45) is 23.7 Å². The zero-order valence-electron chi connectivity index (χ0n) is 23.4. The Morgan fingerprint density at radius 1 is 0.700 bits per heavy atom. The van der Waals surface area contributed by atoms with Crippen molar-refractivity contribution in [3.05, 3.63) is 0 Å². The van der Waals surface area contributed by atoms with Gasteiger partial charge in [-0.1, -0.05) is 0 Å².